The molecule has 10 heavy (non-hydrogen) atoms. The van der Waals surface area contributed by atoms with E-state index in [1.165, 1.54) is 0 Å². The maximum absolute atomic E-state index is 10.1. The Morgan fingerprint density at radius 2 is 2.20 bits per heavy atom. The third-order valence-corrected chi connectivity index (χ3v) is 1.40. The van der Waals surface area contributed by atoms with E-state index in [-0.39, 0.29) is 0 Å². The lowest BCUT2D eigenvalue weighted by Crippen LogP contribution is -2.17. The number of aliphatic hydroxyl groups is 2. The Morgan fingerprint density at radius 1 is 1.70 bits per heavy atom. The van der Waals surface area contributed by atoms with Gasteiger partial charge in [0.15, 0.2) is 0 Å². The molecule has 3 N–H and O–H groups in total. The van der Waals surface area contributed by atoms with Crippen LogP contribution in [-0.2, 0) is 9.09 Å². The minimum absolute atomic E-state index is 0.451. The summed E-state index contributed by atoms with van der Waals surface area (Å²) in [5.41, 5.74) is 0. The molecule has 62 valence electrons. The van der Waals surface area contributed by atoms with Crippen LogP contribution in [0.25, 0.3) is 0 Å². The third kappa shape index (κ3) is 6.48. The molecule has 0 aliphatic heterocycles. The highest BCUT2D eigenvalue weighted by Crippen LogP contribution is 2.47. The zero-order valence-electron chi connectivity index (χ0n) is 4.97. The molecular weight excluding hydrogens is 182 g/mol. The Hall–Kier alpha value is 0.360. The van der Waals surface area contributed by atoms with Gasteiger partial charge in [0.1, 0.15) is 6.10 Å². The average Bonchev–Trinajstić information content (AvgIpc) is 1.81. The van der Waals surface area contributed by atoms with Crippen LogP contribution in [0.2, 0.25) is 0 Å². The molecule has 0 spiro atoms. The lowest BCUT2D eigenvalue weighted by molar-refractivity contribution is 0.0515. The van der Waals surface area contributed by atoms with Crippen molar-refractivity contribution in [2.24, 2.45) is 0 Å². The molecule has 0 amide bonds. The van der Waals surface area contributed by atoms with Crippen molar-refractivity contribution in [2.45, 2.75) is 6.10 Å². The molecule has 0 bridgehead atoms. The number of halogens is 1. The Kier molecular flexibility index (Phi) is 4.44. The molecule has 5 nitrogen and oxygen atoms in total. The number of hydrogen-bond acceptors (Lipinski definition) is 4. The number of hydrogen-bond donors (Lipinski definition) is 3. The van der Waals surface area contributed by atoms with Crippen LogP contribution in [-0.4, -0.2) is 34.4 Å². The molecule has 0 aromatic heterocycles. The van der Waals surface area contributed by atoms with Gasteiger partial charge in [0.25, 0.3) is 0 Å². The molecule has 0 rings (SSSR count). The summed E-state index contributed by atoms with van der Waals surface area (Å²) in [5.74, 6) is 0. The van der Waals surface area contributed by atoms with E-state index in [0.717, 1.165) is 0 Å². The Balaban J connectivity index is 3.46. The van der Waals surface area contributed by atoms with Gasteiger partial charge in [0, 0.05) is 11.2 Å². The van der Waals surface area contributed by atoms with Gasteiger partial charge in [-0.15, -0.1) is 0 Å². The van der Waals surface area contributed by atoms with Gasteiger partial charge in [0.05, 0.1) is 13.2 Å². The van der Waals surface area contributed by atoms with Gasteiger partial charge in [-0.25, -0.2) is 4.57 Å². The van der Waals surface area contributed by atoms with Gasteiger partial charge in [-0.05, 0) is 0 Å². The van der Waals surface area contributed by atoms with Crippen LogP contribution < -0.4 is 0 Å². The van der Waals surface area contributed by atoms with Gasteiger partial charge in [-0.1, -0.05) is 0 Å². The van der Waals surface area contributed by atoms with Crippen LogP contribution in [0.3, 0.4) is 0 Å². The largest absolute Gasteiger partial charge is 0.421 e. The minimum atomic E-state index is -4.03. The highest BCUT2D eigenvalue weighted by molar-refractivity contribution is 7.80. The van der Waals surface area contributed by atoms with Crippen molar-refractivity contribution >= 4 is 18.2 Å². The predicted octanol–water partition coefficient (Wildman–Crippen LogP) is -0.305. The molecule has 7 heteroatoms. The molecule has 0 saturated carbocycles. The fourth-order valence-corrected chi connectivity index (χ4v) is 0.756. The summed E-state index contributed by atoms with van der Waals surface area (Å²) in [7, 11) is 0. The van der Waals surface area contributed by atoms with E-state index in [9.17, 15) is 4.57 Å². The molecule has 0 fully saturated rings. The molecule has 2 atom stereocenters. The van der Waals surface area contributed by atoms with Crippen molar-refractivity contribution in [3.8, 4) is 0 Å². The first kappa shape index (κ1) is 10.4. The second kappa shape index (κ2) is 4.28. The topological polar surface area (TPSA) is 87.0 Å². The molecule has 0 aliphatic rings. The van der Waals surface area contributed by atoms with Crippen molar-refractivity contribution in [1.82, 2.24) is 0 Å². The lowest BCUT2D eigenvalue weighted by Gasteiger charge is -2.07. The summed E-state index contributed by atoms with van der Waals surface area (Å²) in [5, 5.41) is 16.7. The van der Waals surface area contributed by atoms with Crippen molar-refractivity contribution in [2.75, 3.05) is 13.2 Å². The third-order valence-electron chi connectivity index (χ3n) is 0.637. The van der Waals surface area contributed by atoms with Gasteiger partial charge >= 0.3 is 6.95 Å². The smallest absolute Gasteiger partial charge is 0.394 e. The second-order valence-corrected chi connectivity index (χ2v) is 4.03. The fourth-order valence-electron chi connectivity index (χ4n) is 0.231. The Bertz CT molecular complexity index is 133. The SMILES string of the molecule is O=P(O)(Cl)OC[C@H](O)CO. The highest BCUT2D eigenvalue weighted by Gasteiger charge is 2.15. The Morgan fingerprint density at radius 3 is 2.50 bits per heavy atom. The number of rotatable bonds is 4. The van der Waals surface area contributed by atoms with Gasteiger partial charge in [0.2, 0.25) is 0 Å². The maximum atomic E-state index is 10.1. The average molecular weight is 191 g/mol. The van der Waals surface area contributed by atoms with E-state index in [1.54, 1.807) is 0 Å². The molecule has 0 saturated heterocycles. The second-order valence-electron chi connectivity index (χ2n) is 1.58. The van der Waals surface area contributed by atoms with Crippen LogP contribution in [0, 0.1) is 0 Å². The molecule has 0 radical (unpaired) electrons. The van der Waals surface area contributed by atoms with Crippen LogP contribution in [0.4, 0.5) is 0 Å². The summed E-state index contributed by atoms with van der Waals surface area (Å²) < 4.78 is 14.2. The fraction of sp³-hybridized carbons (Fsp3) is 1.00. The number of aliphatic hydroxyl groups excluding tert-OH is 2. The first-order valence-corrected chi connectivity index (χ1v) is 4.90. The van der Waals surface area contributed by atoms with Gasteiger partial charge in [-0.3, -0.25) is 4.52 Å². The van der Waals surface area contributed by atoms with Crippen LogP contribution >= 0.6 is 18.2 Å². The quantitative estimate of drug-likeness (QED) is 0.530. The van der Waals surface area contributed by atoms with Crippen molar-refractivity contribution in [3.05, 3.63) is 0 Å². The van der Waals surface area contributed by atoms with Crippen molar-refractivity contribution in [3.63, 3.8) is 0 Å². The predicted molar refractivity (Wildman–Crippen MR) is 34.7 cm³/mol. The van der Waals surface area contributed by atoms with E-state index >= 15 is 0 Å². The molecule has 0 aliphatic carbocycles. The first-order valence-electron chi connectivity index (χ1n) is 2.41. The van der Waals surface area contributed by atoms with Crippen LogP contribution in [0.15, 0.2) is 0 Å². The molecule has 1 unspecified atom stereocenters. The van der Waals surface area contributed by atoms with Crippen molar-refractivity contribution < 1.29 is 24.2 Å². The maximum Gasteiger partial charge on any atom is 0.421 e. The van der Waals surface area contributed by atoms with E-state index in [4.69, 9.17) is 26.3 Å². The highest BCUT2D eigenvalue weighted by atomic mass is 35.7. The summed E-state index contributed by atoms with van der Waals surface area (Å²) in [4.78, 5) is 8.27. The molecule has 0 heterocycles. The Labute approximate surface area is 62.5 Å². The molecular formula is C3H8ClO5P. The summed E-state index contributed by atoms with van der Waals surface area (Å²) in [6, 6.07) is 0. The van der Waals surface area contributed by atoms with Crippen LogP contribution in [0.1, 0.15) is 0 Å². The first-order chi connectivity index (χ1) is 4.45. The zero-order chi connectivity index (χ0) is 8.20. The summed E-state index contributed by atoms with van der Waals surface area (Å²) in [6.07, 6.45) is -1.17. The van der Waals surface area contributed by atoms with Gasteiger partial charge < -0.3 is 15.1 Å². The molecule has 0 aromatic carbocycles. The minimum Gasteiger partial charge on any atom is -0.394 e. The van der Waals surface area contributed by atoms with E-state index in [0.29, 0.717) is 0 Å². The van der Waals surface area contributed by atoms with E-state index in [2.05, 4.69) is 4.52 Å². The van der Waals surface area contributed by atoms with Gasteiger partial charge in [-0.2, -0.15) is 0 Å². The molecule has 0 aromatic rings. The zero-order valence-corrected chi connectivity index (χ0v) is 6.63. The lowest BCUT2D eigenvalue weighted by atomic mass is 10.4. The monoisotopic (exact) mass is 190 g/mol. The van der Waals surface area contributed by atoms with Crippen LogP contribution in [0.5, 0.6) is 0 Å². The summed E-state index contributed by atoms with van der Waals surface area (Å²) in [6.45, 7) is -5.01. The van der Waals surface area contributed by atoms with E-state index < -0.39 is 26.3 Å². The standard InChI is InChI=1S/C3H8ClO5P/c4-10(7,8)9-2-3(6)1-5/h3,5-6H,1-2H2,(H,7,8)/t3-/m1/s1. The van der Waals surface area contributed by atoms with Crippen molar-refractivity contribution in [1.29, 1.82) is 0 Å². The summed E-state index contributed by atoms with van der Waals surface area (Å²) >= 11 is 4.73. The normalized spacial score (nSPS) is 20.0. The van der Waals surface area contributed by atoms with E-state index in [1.807, 2.05) is 0 Å².